The van der Waals surface area contributed by atoms with E-state index in [0.29, 0.717) is 19.4 Å². The minimum Gasteiger partial charge on any atom is -0.623 e. The molecule has 0 spiro atoms. The molecule has 0 aromatic heterocycles. The maximum atomic E-state index is 11.8. The Morgan fingerprint density at radius 1 is 1.41 bits per heavy atom. The predicted octanol–water partition coefficient (Wildman–Crippen LogP) is 1.30. The van der Waals surface area contributed by atoms with Gasteiger partial charge in [-0.25, -0.2) is 9.53 Å². The fraction of sp³-hybridized carbons (Fsp3) is 0.385. The van der Waals surface area contributed by atoms with Crippen molar-refractivity contribution in [2.24, 2.45) is 0 Å². The summed E-state index contributed by atoms with van der Waals surface area (Å²) in [5.41, 5.74) is 2.37. The number of esters is 1. The van der Waals surface area contributed by atoms with Crippen molar-refractivity contribution >= 4 is 11.7 Å². The van der Waals surface area contributed by atoms with E-state index in [0.717, 1.165) is 15.9 Å². The fourth-order valence-corrected chi connectivity index (χ4v) is 1.99. The first kappa shape index (κ1) is 11.6. The molecule has 0 amide bonds. The second-order valence-electron chi connectivity index (χ2n) is 3.96. The van der Waals surface area contributed by atoms with Gasteiger partial charge in [-0.1, -0.05) is 24.3 Å². The lowest BCUT2D eigenvalue weighted by molar-refractivity contribution is -0.457. The van der Waals surface area contributed by atoms with E-state index >= 15 is 0 Å². The second-order valence-corrected chi connectivity index (χ2v) is 3.96. The smallest absolute Gasteiger partial charge is 0.400 e. The highest BCUT2D eigenvalue weighted by Crippen LogP contribution is 2.14. The molecule has 0 atom stereocenters. The van der Waals surface area contributed by atoms with Gasteiger partial charge >= 0.3 is 5.97 Å². The summed E-state index contributed by atoms with van der Waals surface area (Å²) in [4.78, 5) is 11.7. The number of hydrogen-bond donors (Lipinski definition) is 0. The van der Waals surface area contributed by atoms with Crippen LogP contribution in [0.25, 0.3) is 0 Å². The molecule has 4 nitrogen and oxygen atoms in total. The molecule has 1 aromatic carbocycles. The molecule has 90 valence electrons. The first-order chi connectivity index (χ1) is 8.22. The van der Waals surface area contributed by atoms with E-state index < -0.39 is 5.97 Å². The zero-order valence-electron chi connectivity index (χ0n) is 9.81. The number of rotatable bonds is 2. The number of carbonyl (C=O) groups excluding carboxylic acids is 1. The number of fused-ring (bicyclic) bond motifs is 1. The van der Waals surface area contributed by atoms with E-state index in [1.165, 1.54) is 0 Å². The van der Waals surface area contributed by atoms with Crippen LogP contribution < -0.4 is 0 Å². The van der Waals surface area contributed by atoms with Crippen LogP contribution >= 0.6 is 0 Å². The molecule has 0 saturated heterocycles. The lowest BCUT2D eigenvalue weighted by Gasteiger charge is -2.06. The number of nitrogens with zero attached hydrogens (tertiary/aromatic N) is 1. The molecule has 17 heavy (non-hydrogen) atoms. The van der Waals surface area contributed by atoms with Crippen molar-refractivity contribution in [1.82, 2.24) is 0 Å². The minimum atomic E-state index is -0.501. The Morgan fingerprint density at radius 2 is 2.12 bits per heavy atom. The van der Waals surface area contributed by atoms with Gasteiger partial charge in [0.25, 0.3) is 5.71 Å². The SMILES string of the molecule is CCOC(=O)C1=[N+]([O-])CCc2ccccc2C1. The third-order valence-electron chi connectivity index (χ3n) is 2.87. The summed E-state index contributed by atoms with van der Waals surface area (Å²) < 4.78 is 5.67. The van der Waals surface area contributed by atoms with E-state index in [9.17, 15) is 10.0 Å². The number of carbonyl (C=O) groups is 1. The van der Waals surface area contributed by atoms with E-state index in [1.54, 1.807) is 6.92 Å². The summed E-state index contributed by atoms with van der Waals surface area (Å²) >= 11 is 0. The quantitative estimate of drug-likeness (QED) is 0.439. The van der Waals surface area contributed by atoms with Crippen LogP contribution in [0.4, 0.5) is 0 Å². The molecular formula is C13H15NO3. The summed E-state index contributed by atoms with van der Waals surface area (Å²) in [5.74, 6) is -0.501. The van der Waals surface area contributed by atoms with E-state index in [-0.39, 0.29) is 12.3 Å². The molecular weight excluding hydrogens is 218 g/mol. The summed E-state index contributed by atoms with van der Waals surface area (Å²) in [6, 6.07) is 7.82. The number of benzene rings is 1. The standard InChI is InChI=1S/C13H15NO3/c1-2-17-13(15)12-9-11-6-4-3-5-10(11)7-8-14(12)16/h3-6H,2,7-9H2,1H3. The molecule has 0 aliphatic carbocycles. The van der Waals surface area contributed by atoms with Gasteiger partial charge in [0, 0.05) is 6.42 Å². The van der Waals surface area contributed by atoms with Crippen LogP contribution in [0.5, 0.6) is 0 Å². The first-order valence-corrected chi connectivity index (χ1v) is 5.76. The van der Waals surface area contributed by atoms with Gasteiger partial charge in [-0.2, -0.15) is 0 Å². The Morgan fingerprint density at radius 3 is 2.82 bits per heavy atom. The number of hydroxylamine groups is 1. The van der Waals surface area contributed by atoms with E-state index in [2.05, 4.69) is 0 Å². The average molecular weight is 233 g/mol. The second kappa shape index (κ2) is 4.99. The summed E-state index contributed by atoms with van der Waals surface area (Å²) in [6.07, 6.45) is 1.03. The molecule has 0 saturated carbocycles. The van der Waals surface area contributed by atoms with E-state index in [4.69, 9.17) is 4.74 Å². The topological polar surface area (TPSA) is 52.4 Å². The lowest BCUT2D eigenvalue weighted by Crippen LogP contribution is -2.28. The monoisotopic (exact) mass is 233 g/mol. The molecule has 0 bridgehead atoms. The zero-order valence-corrected chi connectivity index (χ0v) is 9.81. The molecule has 0 fully saturated rings. The summed E-state index contributed by atoms with van der Waals surface area (Å²) in [5, 5.41) is 11.8. The van der Waals surface area contributed by atoms with Gasteiger partial charge in [0.15, 0.2) is 6.54 Å². The van der Waals surface area contributed by atoms with Gasteiger partial charge < -0.3 is 9.94 Å². The molecule has 0 unspecified atom stereocenters. The van der Waals surface area contributed by atoms with Gasteiger partial charge in [-0.3, -0.25) is 0 Å². The third-order valence-corrected chi connectivity index (χ3v) is 2.87. The van der Waals surface area contributed by atoms with Crippen molar-refractivity contribution in [3.63, 3.8) is 0 Å². The molecule has 1 heterocycles. The van der Waals surface area contributed by atoms with Crippen LogP contribution in [0, 0.1) is 5.21 Å². The summed E-state index contributed by atoms with van der Waals surface area (Å²) in [6.45, 7) is 2.33. The van der Waals surface area contributed by atoms with Crippen molar-refractivity contribution in [3.8, 4) is 0 Å². The van der Waals surface area contributed by atoms with Gasteiger partial charge in [-0.05, 0) is 18.1 Å². The first-order valence-electron chi connectivity index (χ1n) is 5.76. The van der Waals surface area contributed by atoms with Crippen LogP contribution in [0.2, 0.25) is 0 Å². The Bertz CT molecular complexity index is 465. The molecule has 0 N–H and O–H groups in total. The van der Waals surface area contributed by atoms with Crippen molar-refractivity contribution in [2.45, 2.75) is 19.8 Å². The number of hydrogen-bond acceptors (Lipinski definition) is 3. The lowest BCUT2D eigenvalue weighted by atomic mass is 10.0. The van der Waals surface area contributed by atoms with E-state index in [1.807, 2.05) is 24.3 Å². The molecule has 0 radical (unpaired) electrons. The maximum absolute atomic E-state index is 11.8. The molecule has 1 aromatic rings. The Balaban J connectivity index is 2.30. The van der Waals surface area contributed by atoms with Gasteiger partial charge in [-0.15, -0.1) is 0 Å². The highest BCUT2D eigenvalue weighted by Gasteiger charge is 2.25. The highest BCUT2D eigenvalue weighted by molar-refractivity contribution is 6.34. The van der Waals surface area contributed by atoms with Gasteiger partial charge in [0.2, 0.25) is 0 Å². The third kappa shape index (κ3) is 2.46. The maximum Gasteiger partial charge on any atom is 0.400 e. The molecule has 2 rings (SSSR count). The van der Waals surface area contributed by atoms with Crippen LogP contribution in [-0.4, -0.2) is 29.6 Å². The van der Waals surface area contributed by atoms with Gasteiger partial charge in [0.1, 0.15) is 0 Å². The minimum absolute atomic E-state index is 0.205. The molecule has 4 heteroatoms. The molecule has 1 aliphatic heterocycles. The predicted molar refractivity (Wildman–Crippen MR) is 64.0 cm³/mol. The summed E-state index contributed by atoms with van der Waals surface area (Å²) in [7, 11) is 0. The normalized spacial score (nSPS) is 15.1. The Kier molecular flexibility index (Phi) is 3.42. The Hall–Kier alpha value is -1.84. The van der Waals surface area contributed by atoms with Crippen LogP contribution in [0.15, 0.2) is 24.3 Å². The number of ether oxygens (including phenoxy) is 1. The van der Waals surface area contributed by atoms with Crippen LogP contribution in [-0.2, 0) is 22.4 Å². The fourth-order valence-electron chi connectivity index (χ4n) is 1.99. The Labute approximate surface area is 100 Å². The van der Waals surface area contributed by atoms with Crippen LogP contribution in [0.3, 0.4) is 0 Å². The van der Waals surface area contributed by atoms with Gasteiger partial charge in [0.05, 0.1) is 13.0 Å². The van der Waals surface area contributed by atoms with Crippen molar-refractivity contribution in [2.75, 3.05) is 13.2 Å². The largest absolute Gasteiger partial charge is 0.623 e. The van der Waals surface area contributed by atoms with Crippen molar-refractivity contribution in [1.29, 1.82) is 0 Å². The average Bonchev–Trinajstić information content (AvgIpc) is 2.50. The zero-order chi connectivity index (χ0) is 12.3. The van der Waals surface area contributed by atoms with Crippen LogP contribution in [0.1, 0.15) is 18.1 Å². The van der Waals surface area contributed by atoms with Crippen molar-refractivity contribution in [3.05, 3.63) is 40.6 Å². The van der Waals surface area contributed by atoms with Crippen molar-refractivity contribution < 1.29 is 14.3 Å². The molecule has 1 aliphatic rings. The highest BCUT2D eigenvalue weighted by atomic mass is 16.5.